The smallest absolute Gasteiger partial charge is 0.407 e. The van der Waals surface area contributed by atoms with Crippen molar-refractivity contribution in [2.75, 3.05) is 26.2 Å². The summed E-state index contributed by atoms with van der Waals surface area (Å²) >= 11 is 0. The van der Waals surface area contributed by atoms with Crippen molar-refractivity contribution in [3.8, 4) is 0 Å². The van der Waals surface area contributed by atoms with Crippen LogP contribution in [0.5, 0.6) is 0 Å². The molecule has 0 spiro atoms. The van der Waals surface area contributed by atoms with Crippen LogP contribution in [0.25, 0.3) is 0 Å². The van der Waals surface area contributed by atoms with Crippen LogP contribution >= 0.6 is 0 Å². The lowest BCUT2D eigenvalue weighted by molar-refractivity contribution is 0.0909. The fourth-order valence-corrected chi connectivity index (χ4v) is 2.38. The molecule has 6 heteroatoms. The first-order valence-electron chi connectivity index (χ1n) is 5.71. The van der Waals surface area contributed by atoms with E-state index in [9.17, 15) is 9.59 Å². The molecule has 2 aliphatic rings. The molecular weight excluding hydrogens is 210 g/mol. The van der Waals surface area contributed by atoms with Gasteiger partial charge >= 0.3 is 12.1 Å². The molecule has 0 aromatic rings. The Hall–Kier alpha value is -1.46. The minimum Gasteiger partial charge on any atom is -0.465 e. The van der Waals surface area contributed by atoms with Gasteiger partial charge in [-0.3, -0.25) is 0 Å². The van der Waals surface area contributed by atoms with Crippen LogP contribution in [-0.4, -0.2) is 59.3 Å². The number of hydrogen-bond acceptors (Lipinski definition) is 2. The summed E-state index contributed by atoms with van der Waals surface area (Å²) in [4.78, 5) is 25.7. The second kappa shape index (κ2) is 4.59. The summed E-state index contributed by atoms with van der Waals surface area (Å²) in [5.41, 5.74) is 0. The number of amides is 3. The van der Waals surface area contributed by atoms with Crippen LogP contribution in [0.4, 0.5) is 9.59 Å². The van der Waals surface area contributed by atoms with Crippen molar-refractivity contribution in [2.45, 2.75) is 25.3 Å². The first-order valence-corrected chi connectivity index (χ1v) is 5.71. The molecule has 0 bridgehead atoms. The largest absolute Gasteiger partial charge is 0.465 e. The zero-order chi connectivity index (χ0) is 11.5. The molecule has 0 radical (unpaired) electrons. The van der Waals surface area contributed by atoms with E-state index in [0.717, 1.165) is 32.4 Å². The molecule has 0 aromatic heterocycles. The summed E-state index contributed by atoms with van der Waals surface area (Å²) in [6.07, 6.45) is 1.79. The third-order valence-electron chi connectivity index (χ3n) is 3.22. The van der Waals surface area contributed by atoms with Gasteiger partial charge in [-0.25, -0.2) is 9.59 Å². The van der Waals surface area contributed by atoms with E-state index < -0.39 is 6.09 Å². The SMILES string of the molecule is O=C(O)N1CCCC(N2CCCNC2=O)C1. The minimum absolute atomic E-state index is 0.0464. The second-order valence-corrected chi connectivity index (χ2v) is 4.30. The van der Waals surface area contributed by atoms with Crippen LogP contribution in [0.15, 0.2) is 0 Å². The van der Waals surface area contributed by atoms with Crippen molar-refractivity contribution in [1.29, 1.82) is 0 Å². The Balaban J connectivity index is 1.97. The lowest BCUT2D eigenvalue weighted by Crippen LogP contribution is -2.56. The number of carbonyl (C=O) groups is 2. The van der Waals surface area contributed by atoms with Crippen molar-refractivity contribution in [2.24, 2.45) is 0 Å². The summed E-state index contributed by atoms with van der Waals surface area (Å²) in [5, 5.41) is 11.7. The topological polar surface area (TPSA) is 72.9 Å². The normalized spacial score (nSPS) is 26.5. The maximum Gasteiger partial charge on any atom is 0.407 e. The van der Waals surface area contributed by atoms with Gasteiger partial charge in [0.25, 0.3) is 0 Å². The summed E-state index contributed by atoms with van der Waals surface area (Å²) in [6.45, 7) is 2.50. The molecule has 0 saturated carbocycles. The zero-order valence-corrected chi connectivity index (χ0v) is 9.19. The number of likely N-dealkylation sites (tertiary alicyclic amines) is 1. The van der Waals surface area contributed by atoms with Gasteiger partial charge in [-0.1, -0.05) is 0 Å². The molecule has 2 fully saturated rings. The van der Waals surface area contributed by atoms with Gasteiger partial charge in [0.05, 0.1) is 6.04 Å². The predicted molar refractivity (Wildman–Crippen MR) is 57.3 cm³/mol. The Labute approximate surface area is 94.2 Å². The Kier molecular flexibility index (Phi) is 3.17. The Morgan fingerprint density at radius 3 is 2.88 bits per heavy atom. The molecule has 2 rings (SSSR count). The fraction of sp³-hybridized carbons (Fsp3) is 0.800. The van der Waals surface area contributed by atoms with Gasteiger partial charge in [0.1, 0.15) is 0 Å². The van der Waals surface area contributed by atoms with E-state index in [1.54, 1.807) is 4.90 Å². The van der Waals surface area contributed by atoms with E-state index in [2.05, 4.69) is 5.32 Å². The molecule has 3 amide bonds. The van der Waals surface area contributed by atoms with Crippen LogP contribution in [0.3, 0.4) is 0 Å². The summed E-state index contributed by atoms with van der Waals surface area (Å²) in [5.74, 6) is 0. The van der Waals surface area contributed by atoms with Gasteiger partial charge in [-0.05, 0) is 19.3 Å². The standard InChI is InChI=1S/C10H17N3O3/c14-9-11-4-2-6-13(9)8-3-1-5-12(7-8)10(15)16/h8H,1-7H2,(H,11,14)(H,15,16). The van der Waals surface area contributed by atoms with Crippen molar-refractivity contribution in [3.63, 3.8) is 0 Å². The lowest BCUT2D eigenvalue weighted by atomic mass is 10.0. The van der Waals surface area contributed by atoms with E-state index in [1.807, 2.05) is 0 Å². The van der Waals surface area contributed by atoms with Crippen molar-refractivity contribution < 1.29 is 14.7 Å². The average Bonchev–Trinajstić information content (AvgIpc) is 2.30. The molecule has 0 aromatic carbocycles. The monoisotopic (exact) mass is 227 g/mol. The highest BCUT2D eigenvalue weighted by Gasteiger charge is 2.31. The molecule has 6 nitrogen and oxygen atoms in total. The van der Waals surface area contributed by atoms with Crippen LogP contribution in [0.1, 0.15) is 19.3 Å². The van der Waals surface area contributed by atoms with Crippen molar-refractivity contribution in [3.05, 3.63) is 0 Å². The van der Waals surface area contributed by atoms with Crippen LogP contribution < -0.4 is 5.32 Å². The summed E-state index contributed by atoms with van der Waals surface area (Å²) in [7, 11) is 0. The van der Waals surface area contributed by atoms with Gasteiger partial charge in [0.2, 0.25) is 0 Å². The van der Waals surface area contributed by atoms with Crippen molar-refractivity contribution >= 4 is 12.1 Å². The Morgan fingerprint density at radius 2 is 2.19 bits per heavy atom. The number of rotatable bonds is 1. The highest BCUT2D eigenvalue weighted by Crippen LogP contribution is 2.17. The molecule has 1 unspecified atom stereocenters. The number of nitrogens with one attached hydrogen (secondary N) is 1. The molecule has 2 N–H and O–H groups in total. The molecule has 16 heavy (non-hydrogen) atoms. The third-order valence-corrected chi connectivity index (χ3v) is 3.22. The number of urea groups is 1. The number of nitrogens with zero attached hydrogens (tertiary/aromatic N) is 2. The van der Waals surface area contributed by atoms with Gasteiger partial charge in [0, 0.05) is 26.2 Å². The lowest BCUT2D eigenvalue weighted by Gasteiger charge is -2.40. The van der Waals surface area contributed by atoms with Gasteiger partial charge in [-0.2, -0.15) is 0 Å². The Morgan fingerprint density at radius 1 is 1.38 bits per heavy atom. The fourth-order valence-electron chi connectivity index (χ4n) is 2.38. The van der Waals surface area contributed by atoms with Gasteiger partial charge in [-0.15, -0.1) is 0 Å². The van der Waals surface area contributed by atoms with Crippen molar-refractivity contribution in [1.82, 2.24) is 15.1 Å². The highest BCUT2D eigenvalue weighted by atomic mass is 16.4. The van der Waals surface area contributed by atoms with Crippen LogP contribution in [0, 0.1) is 0 Å². The molecular formula is C10H17N3O3. The summed E-state index contributed by atoms with van der Waals surface area (Å²) < 4.78 is 0. The highest BCUT2D eigenvalue weighted by molar-refractivity contribution is 5.75. The molecule has 90 valence electrons. The molecule has 2 aliphatic heterocycles. The molecule has 2 heterocycles. The minimum atomic E-state index is -0.887. The maximum atomic E-state index is 11.6. The van der Waals surface area contributed by atoms with E-state index in [-0.39, 0.29) is 12.1 Å². The van der Waals surface area contributed by atoms with E-state index >= 15 is 0 Å². The van der Waals surface area contributed by atoms with E-state index in [4.69, 9.17) is 5.11 Å². The number of carbonyl (C=O) groups excluding carboxylic acids is 1. The number of hydrogen-bond donors (Lipinski definition) is 2. The van der Waals surface area contributed by atoms with E-state index in [1.165, 1.54) is 4.90 Å². The second-order valence-electron chi connectivity index (χ2n) is 4.30. The van der Waals surface area contributed by atoms with Gasteiger partial charge in [0.15, 0.2) is 0 Å². The van der Waals surface area contributed by atoms with Crippen LogP contribution in [-0.2, 0) is 0 Å². The van der Waals surface area contributed by atoms with Gasteiger partial charge < -0.3 is 20.2 Å². The first-order chi connectivity index (χ1) is 7.68. The molecule has 2 saturated heterocycles. The molecule has 1 atom stereocenters. The average molecular weight is 227 g/mol. The Bertz CT molecular complexity index is 295. The third kappa shape index (κ3) is 2.20. The summed E-state index contributed by atoms with van der Waals surface area (Å²) in [6, 6.07) is -0.00589. The quantitative estimate of drug-likeness (QED) is 0.687. The van der Waals surface area contributed by atoms with Crippen LogP contribution in [0.2, 0.25) is 0 Å². The number of piperidine rings is 1. The maximum absolute atomic E-state index is 11.6. The molecule has 0 aliphatic carbocycles. The number of carboxylic acid groups (broad SMARTS) is 1. The van der Waals surface area contributed by atoms with E-state index in [0.29, 0.717) is 13.1 Å². The first kappa shape index (κ1) is 11.0. The zero-order valence-electron chi connectivity index (χ0n) is 9.19. The predicted octanol–water partition coefficient (Wildman–Crippen LogP) is 0.544.